The molecule has 0 radical (unpaired) electrons. The predicted molar refractivity (Wildman–Crippen MR) is 63.1 cm³/mol. The largest absolute Gasteiger partial charge is 0.358 e. The first-order valence-electron chi connectivity index (χ1n) is 4.90. The van der Waals surface area contributed by atoms with Crippen LogP contribution in [0.25, 0.3) is 0 Å². The number of hydrogen-bond acceptors (Lipinski definition) is 3. The third kappa shape index (κ3) is 1.95. The Hall–Kier alpha value is -0.650. The molecule has 5 heteroatoms. The smallest absolute Gasteiger partial charge is 0.203 e. The van der Waals surface area contributed by atoms with Crippen LogP contribution in [0, 0.1) is 5.82 Å². The third-order valence-electron chi connectivity index (χ3n) is 2.86. The minimum Gasteiger partial charge on any atom is -0.358 e. The van der Waals surface area contributed by atoms with E-state index in [1.807, 2.05) is 11.0 Å². The maximum Gasteiger partial charge on any atom is 0.203 e. The summed E-state index contributed by atoms with van der Waals surface area (Å²) in [4.78, 5) is 1.88. The zero-order chi connectivity index (χ0) is 11.8. The summed E-state index contributed by atoms with van der Waals surface area (Å²) in [5, 5.41) is 0. The van der Waals surface area contributed by atoms with Crippen molar-refractivity contribution in [2.24, 2.45) is 0 Å². The second kappa shape index (κ2) is 4.31. The molecule has 1 aromatic carbocycles. The zero-order valence-corrected chi connectivity index (χ0v) is 10.8. The fourth-order valence-electron chi connectivity index (χ4n) is 1.78. The van der Waals surface area contributed by atoms with Gasteiger partial charge < -0.3 is 14.4 Å². The van der Waals surface area contributed by atoms with Crippen molar-refractivity contribution in [3.05, 3.63) is 28.5 Å². The van der Waals surface area contributed by atoms with Gasteiger partial charge in [-0.05, 0) is 18.2 Å². The molecule has 3 nitrogen and oxygen atoms in total. The quantitative estimate of drug-likeness (QED) is 0.798. The van der Waals surface area contributed by atoms with Crippen LogP contribution < -0.4 is 4.90 Å². The molecule has 0 aliphatic carbocycles. The molecule has 0 saturated carbocycles. The van der Waals surface area contributed by atoms with E-state index < -0.39 is 5.79 Å². The van der Waals surface area contributed by atoms with E-state index in [4.69, 9.17) is 9.47 Å². The minimum absolute atomic E-state index is 0.241. The normalized spacial score (nSPS) is 18.4. The van der Waals surface area contributed by atoms with Crippen molar-refractivity contribution in [1.29, 1.82) is 0 Å². The SMILES string of the molecule is COC1(OC)CN(c2ccc(Br)cc2F)C1. The van der Waals surface area contributed by atoms with E-state index in [1.165, 1.54) is 6.07 Å². The average molecular weight is 290 g/mol. The van der Waals surface area contributed by atoms with Gasteiger partial charge in [0.2, 0.25) is 5.79 Å². The molecule has 1 aliphatic heterocycles. The highest BCUT2D eigenvalue weighted by Gasteiger charge is 2.44. The van der Waals surface area contributed by atoms with Gasteiger partial charge in [-0.1, -0.05) is 15.9 Å². The summed E-state index contributed by atoms with van der Waals surface area (Å²) in [6.45, 7) is 1.08. The van der Waals surface area contributed by atoms with Gasteiger partial charge in [-0.25, -0.2) is 4.39 Å². The summed E-state index contributed by atoms with van der Waals surface area (Å²) >= 11 is 3.23. The Labute approximate surface area is 102 Å². The molecule has 1 aliphatic rings. The number of nitrogens with zero attached hydrogens (tertiary/aromatic N) is 1. The van der Waals surface area contributed by atoms with Gasteiger partial charge in [0.15, 0.2) is 0 Å². The summed E-state index contributed by atoms with van der Waals surface area (Å²) in [7, 11) is 3.19. The Morgan fingerprint density at radius 2 is 1.94 bits per heavy atom. The van der Waals surface area contributed by atoms with Crippen LogP contribution in [-0.4, -0.2) is 33.1 Å². The summed E-state index contributed by atoms with van der Waals surface area (Å²) in [5.41, 5.74) is 0.577. The fourth-order valence-corrected chi connectivity index (χ4v) is 2.12. The summed E-state index contributed by atoms with van der Waals surface area (Å²) in [5.74, 6) is -0.824. The standard InChI is InChI=1S/C11H13BrFNO2/c1-15-11(16-2)6-14(7-11)10-4-3-8(12)5-9(10)13/h3-5H,6-7H2,1-2H3. The molecule has 0 aromatic heterocycles. The monoisotopic (exact) mass is 289 g/mol. The summed E-state index contributed by atoms with van der Waals surface area (Å²) in [6.07, 6.45) is 0. The van der Waals surface area contributed by atoms with Crippen LogP contribution in [0.5, 0.6) is 0 Å². The Bertz CT molecular complexity index is 388. The fraction of sp³-hybridized carbons (Fsp3) is 0.455. The second-order valence-electron chi connectivity index (χ2n) is 3.77. The molecule has 0 N–H and O–H groups in total. The lowest BCUT2D eigenvalue weighted by Crippen LogP contribution is -2.64. The van der Waals surface area contributed by atoms with Crippen molar-refractivity contribution < 1.29 is 13.9 Å². The number of rotatable bonds is 3. The van der Waals surface area contributed by atoms with Crippen LogP contribution in [-0.2, 0) is 9.47 Å². The molecule has 2 rings (SSSR count). The van der Waals surface area contributed by atoms with Gasteiger partial charge in [0.05, 0.1) is 18.8 Å². The van der Waals surface area contributed by atoms with E-state index >= 15 is 0 Å². The molecule has 0 bridgehead atoms. The second-order valence-corrected chi connectivity index (χ2v) is 4.69. The van der Waals surface area contributed by atoms with Gasteiger partial charge in [0.25, 0.3) is 0 Å². The first-order chi connectivity index (χ1) is 7.60. The van der Waals surface area contributed by atoms with Gasteiger partial charge in [0.1, 0.15) is 5.82 Å². The molecule has 0 amide bonds. The average Bonchev–Trinajstić information content (AvgIpc) is 2.20. The molecule has 0 unspecified atom stereocenters. The van der Waals surface area contributed by atoms with Gasteiger partial charge in [-0.2, -0.15) is 0 Å². The summed E-state index contributed by atoms with van der Waals surface area (Å²) in [6, 6.07) is 5.02. The number of halogens is 2. The first-order valence-corrected chi connectivity index (χ1v) is 5.70. The molecule has 1 heterocycles. The molecule has 0 atom stereocenters. The van der Waals surface area contributed by atoms with Gasteiger partial charge >= 0.3 is 0 Å². The van der Waals surface area contributed by atoms with Gasteiger partial charge in [-0.15, -0.1) is 0 Å². The molecule has 1 aromatic rings. The van der Waals surface area contributed by atoms with Crippen molar-refractivity contribution in [3.8, 4) is 0 Å². The molecule has 88 valence electrons. The van der Waals surface area contributed by atoms with E-state index in [-0.39, 0.29) is 5.82 Å². The highest BCUT2D eigenvalue weighted by atomic mass is 79.9. The third-order valence-corrected chi connectivity index (χ3v) is 3.35. The van der Waals surface area contributed by atoms with E-state index in [0.29, 0.717) is 18.8 Å². The number of anilines is 1. The minimum atomic E-state index is -0.584. The van der Waals surface area contributed by atoms with Crippen molar-refractivity contribution in [2.45, 2.75) is 5.79 Å². The molecule has 1 fully saturated rings. The van der Waals surface area contributed by atoms with E-state index in [1.54, 1.807) is 20.3 Å². The highest BCUT2D eigenvalue weighted by Crippen LogP contribution is 2.33. The molecule has 0 spiro atoms. The molecular formula is C11H13BrFNO2. The maximum atomic E-state index is 13.6. The molecule has 1 saturated heterocycles. The number of methoxy groups -OCH3 is 2. The van der Waals surface area contributed by atoms with Gasteiger partial charge in [-0.3, -0.25) is 0 Å². The lowest BCUT2D eigenvalue weighted by Gasteiger charge is -2.48. The van der Waals surface area contributed by atoms with Crippen LogP contribution in [0.2, 0.25) is 0 Å². The van der Waals surface area contributed by atoms with Crippen molar-refractivity contribution in [1.82, 2.24) is 0 Å². The maximum absolute atomic E-state index is 13.6. The van der Waals surface area contributed by atoms with E-state index in [0.717, 1.165) is 4.47 Å². The van der Waals surface area contributed by atoms with E-state index in [9.17, 15) is 4.39 Å². The van der Waals surface area contributed by atoms with Crippen LogP contribution in [0.15, 0.2) is 22.7 Å². The molecule has 16 heavy (non-hydrogen) atoms. The van der Waals surface area contributed by atoms with Crippen LogP contribution in [0.4, 0.5) is 10.1 Å². The van der Waals surface area contributed by atoms with Crippen molar-refractivity contribution in [2.75, 3.05) is 32.2 Å². The highest BCUT2D eigenvalue weighted by molar-refractivity contribution is 9.10. The van der Waals surface area contributed by atoms with E-state index in [2.05, 4.69) is 15.9 Å². The van der Waals surface area contributed by atoms with Crippen LogP contribution in [0.1, 0.15) is 0 Å². The Morgan fingerprint density at radius 3 is 2.44 bits per heavy atom. The number of ether oxygens (including phenoxy) is 2. The van der Waals surface area contributed by atoms with Gasteiger partial charge in [0, 0.05) is 18.7 Å². The topological polar surface area (TPSA) is 21.7 Å². The van der Waals surface area contributed by atoms with Crippen LogP contribution in [0.3, 0.4) is 0 Å². The number of hydrogen-bond donors (Lipinski definition) is 0. The lowest BCUT2D eigenvalue weighted by atomic mass is 10.1. The van der Waals surface area contributed by atoms with Crippen molar-refractivity contribution >= 4 is 21.6 Å². The predicted octanol–water partition coefficient (Wildman–Crippen LogP) is 2.40. The number of benzene rings is 1. The first kappa shape index (κ1) is 11.8. The van der Waals surface area contributed by atoms with Crippen LogP contribution >= 0.6 is 15.9 Å². The molecular weight excluding hydrogens is 277 g/mol. The summed E-state index contributed by atoms with van der Waals surface area (Å²) < 4.78 is 24.8. The Kier molecular flexibility index (Phi) is 3.19. The zero-order valence-electron chi connectivity index (χ0n) is 9.17. The Balaban J connectivity index is 2.12. The van der Waals surface area contributed by atoms with Crippen molar-refractivity contribution in [3.63, 3.8) is 0 Å². The Morgan fingerprint density at radius 1 is 1.31 bits per heavy atom. The lowest BCUT2D eigenvalue weighted by molar-refractivity contribution is -0.219.